The van der Waals surface area contributed by atoms with E-state index in [0.717, 1.165) is 6.07 Å². The van der Waals surface area contributed by atoms with Gasteiger partial charge < -0.3 is 15.0 Å². The van der Waals surface area contributed by atoms with Crippen molar-refractivity contribution in [3.05, 3.63) is 62.0 Å². The van der Waals surface area contributed by atoms with Gasteiger partial charge in [0.2, 0.25) is 0 Å². The third-order valence-electron chi connectivity index (χ3n) is 7.72. The Morgan fingerprint density at radius 2 is 1.74 bits per heavy atom. The first kappa shape index (κ1) is 24.2. The summed E-state index contributed by atoms with van der Waals surface area (Å²) in [5.41, 5.74) is -1.36. The fraction of sp³-hybridized carbons (Fsp3) is 0.480. The number of benzene rings is 1. The molecule has 3 aliphatic rings. The number of aromatic nitrogens is 3. The third-order valence-corrected chi connectivity index (χ3v) is 8.44. The van der Waals surface area contributed by atoms with Crippen LogP contribution < -0.4 is 10.9 Å². The molecule has 35 heavy (non-hydrogen) atoms. The maximum atomic E-state index is 14.8. The predicted molar refractivity (Wildman–Crippen MR) is 130 cm³/mol. The van der Waals surface area contributed by atoms with E-state index in [4.69, 9.17) is 0 Å². The Balaban J connectivity index is 1.61. The van der Waals surface area contributed by atoms with Crippen LogP contribution in [-0.2, 0) is 5.54 Å². The van der Waals surface area contributed by atoms with Crippen molar-refractivity contribution in [2.45, 2.75) is 76.0 Å². The van der Waals surface area contributed by atoms with E-state index in [0.29, 0.717) is 65.5 Å². The number of nitrogens with one attached hydrogen (secondary N) is 1. The Labute approximate surface area is 208 Å². The van der Waals surface area contributed by atoms with Gasteiger partial charge in [-0.1, -0.05) is 18.2 Å². The van der Waals surface area contributed by atoms with Crippen molar-refractivity contribution >= 4 is 32.7 Å². The number of anilines is 1. The molecule has 1 aromatic carbocycles. The quantitative estimate of drug-likeness (QED) is 0.413. The smallest absolute Gasteiger partial charge is 0.267 e. The molecule has 2 bridgehead atoms. The Kier molecular flexibility index (Phi) is 5.95. The molecule has 0 unspecified atom stereocenters. The average molecular weight is 551 g/mol. The number of hydrogen-bond acceptors (Lipinski definition) is 5. The number of rotatable bonds is 5. The molecule has 2 heterocycles. The van der Waals surface area contributed by atoms with Gasteiger partial charge in [0.1, 0.15) is 21.9 Å². The Hall–Kier alpha value is -2.46. The minimum atomic E-state index is -2.92. The Bertz CT molecular complexity index is 1350. The molecular weight excluding hydrogens is 525 g/mol. The zero-order valence-corrected chi connectivity index (χ0v) is 21.0. The monoisotopic (exact) mass is 550 g/mol. The van der Waals surface area contributed by atoms with Crippen molar-refractivity contribution < 1.29 is 18.3 Å². The minimum Gasteiger partial charge on any atom is -0.390 e. The lowest BCUT2D eigenvalue weighted by Crippen LogP contribution is -2.53. The maximum absolute atomic E-state index is 14.8. The van der Waals surface area contributed by atoms with E-state index in [1.54, 1.807) is 24.6 Å². The van der Waals surface area contributed by atoms with Crippen LogP contribution in [0.2, 0.25) is 0 Å². The van der Waals surface area contributed by atoms with Gasteiger partial charge in [0, 0.05) is 17.3 Å². The molecule has 3 fully saturated rings. The third kappa shape index (κ3) is 4.04. The summed E-state index contributed by atoms with van der Waals surface area (Å²) in [4.78, 5) is 22.4. The normalized spacial score (nSPS) is 24.8. The molecule has 0 saturated heterocycles. The van der Waals surface area contributed by atoms with Crippen LogP contribution in [0.25, 0.3) is 10.9 Å². The summed E-state index contributed by atoms with van der Waals surface area (Å²) in [6.45, 7) is 3.36. The van der Waals surface area contributed by atoms with Gasteiger partial charge in [-0.25, -0.2) is 23.1 Å². The van der Waals surface area contributed by atoms with Crippen molar-refractivity contribution in [3.63, 3.8) is 0 Å². The summed E-state index contributed by atoms with van der Waals surface area (Å²) in [6.07, 6.45) is 2.83. The van der Waals surface area contributed by atoms with Crippen LogP contribution in [0.3, 0.4) is 0 Å². The number of halogens is 4. The van der Waals surface area contributed by atoms with Gasteiger partial charge in [-0.2, -0.15) is 0 Å². The van der Waals surface area contributed by atoms with Gasteiger partial charge in [-0.05, 0) is 68.3 Å². The van der Waals surface area contributed by atoms with Crippen molar-refractivity contribution in [2.24, 2.45) is 0 Å². The van der Waals surface area contributed by atoms with Crippen LogP contribution in [0.15, 0.2) is 33.7 Å². The first-order valence-corrected chi connectivity index (χ1v) is 12.5. The van der Waals surface area contributed by atoms with Crippen LogP contribution >= 0.6 is 15.9 Å². The standard InChI is InChI=1S/C25H26BrF3N4O2/c1-13(15-4-3-5-16(19(15)27)21(28)29)30-22-17-12-33(23(34)18(26)20(17)31-14(2)32-22)24-6-9-25(35,10-7-24)11-8-24/h3-5,12-13,21,35H,6-11H2,1-2H3,(H,30,31,32)/t13-,24?,25?/m0/s1. The molecule has 10 heteroatoms. The minimum absolute atomic E-state index is 0.0945. The summed E-state index contributed by atoms with van der Waals surface area (Å²) in [5, 5.41) is 14.4. The molecule has 0 radical (unpaired) electrons. The first-order valence-electron chi connectivity index (χ1n) is 11.7. The molecule has 3 saturated carbocycles. The maximum Gasteiger partial charge on any atom is 0.267 e. The van der Waals surface area contributed by atoms with Gasteiger partial charge in [0.15, 0.2) is 0 Å². The van der Waals surface area contributed by atoms with Crippen LogP contribution in [0.4, 0.5) is 19.0 Å². The van der Waals surface area contributed by atoms with Crippen LogP contribution in [0, 0.1) is 12.7 Å². The van der Waals surface area contributed by atoms with Crippen molar-refractivity contribution in [1.82, 2.24) is 14.5 Å². The second-order valence-electron chi connectivity index (χ2n) is 9.87. The predicted octanol–water partition coefficient (Wildman–Crippen LogP) is 5.91. The zero-order valence-electron chi connectivity index (χ0n) is 19.4. The van der Waals surface area contributed by atoms with Gasteiger partial charge in [-0.15, -0.1) is 0 Å². The molecule has 6 nitrogen and oxygen atoms in total. The number of nitrogens with zero attached hydrogens (tertiary/aromatic N) is 3. The SMILES string of the molecule is Cc1nc(N[C@@H](C)c2cccc(C(F)F)c2F)c2cn(C34CCC(O)(CC3)CC4)c(=O)c(Br)c2n1. The van der Waals surface area contributed by atoms with E-state index in [2.05, 4.69) is 31.2 Å². The fourth-order valence-electron chi connectivity index (χ4n) is 5.59. The highest BCUT2D eigenvalue weighted by atomic mass is 79.9. The highest BCUT2D eigenvalue weighted by Gasteiger charge is 2.49. The lowest BCUT2D eigenvalue weighted by molar-refractivity contribution is -0.0865. The lowest BCUT2D eigenvalue weighted by Gasteiger charge is -2.51. The number of aliphatic hydroxyl groups is 1. The zero-order chi connectivity index (χ0) is 25.1. The molecule has 0 amide bonds. The second-order valence-corrected chi connectivity index (χ2v) is 10.7. The number of fused-ring (bicyclic) bond motifs is 4. The van der Waals surface area contributed by atoms with E-state index in [9.17, 15) is 23.1 Å². The van der Waals surface area contributed by atoms with Gasteiger partial charge in [0.25, 0.3) is 12.0 Å². The van der Waals surface area contributed by atoms with E-state index in [1.807, 2.05) is 0 Å². The largest absolute Gasteiger partial charge is 0.390 e. The number of aryl methyl sites for hydroxylation is 1. The van der Waals surface area contributed by atoms with Crippen molar-refractivity contribution in [1.29, 1.82) is 0 Å². The molecule has 0 spiro atoms. The first-order chi connectivity index (χ1) is 16.5. The van der Waals surface area contributed by atoms with Crippen LogP contribution in [0.1, 0.15) is 74.9 Å². The summed E-state index contributed by atoms with van der Waals surface area (Å²) in [7, 11) is 0. The summed E-state index contributed by atoms with van der Waals surface area (Å²) in [6, 6.07) is 3.26. The van der Waals surface area contributed by atoms with E-state index < -0.39 is 35.0 Å². The van der Waals surface area contributed by atoms with E-state index >= 15 is 0 Å². The second kappa shape index (κ2) is 8.58. The number of alkyl halides is 2. The average Bonchev–Trinajstić information content (AvgIpc) is 2.82. The van der Waals surface area contributed by atoms with Crippen molar-refractivity contribution in [3.8, 4) is 0 Å². The summed E-state index contributed by atoms with van der Waals surface area (Å²) >= 11 is 3.45. The van der Waals surface area contributed by atoms with E-state index in [1.165, 1.54) is 12.1 Å². The number of pyridine rings is 1. The molecular formula is C25H26BrF3N4O2. The lowest BCUT2D eigenvalue weighted by atomic mass is 9.63. The molecule has 3 aromatic rings. The highest BCUT2D eigenvalue weighted by molar-refractivity contribution is 9.10. The summed E-state index contributed by atoms with van der Waals surface area (Å²) in [5.74, 6) is -0.160. The molecule has 2 aromatic heterocycles. The highest BCUT2D eigenvalue weighted by Crippen LogP contribution is 2.50. The topological polar surface area (TPSA) is 80.0 Å². The number of hydrogen-bond donors (Lipinski definition) is 2. The molecule has 186 valence electrons. The van der Waals surface area contributed by atoms with Gasteiger partial charge in [-0.3, -0.25) is 4.79 Å². The van der Waals surface area contributed by atoms with Gasteiger partial charge in [0.05, 0.1) is 28.1 Å². The van der Waals surface area contributed by atoms with E-state index in [-0.39, 0.29) is 11.1 Å². The fourth-order valence-corrected chi connectivity index (χ4v) is 6.08. The van der Waals surface area contributed by atoms with Crippen molar-refractivity contribution in [2.75, 3.05) is 5.32 Å². The molecule has 6 rings (SSSR count). The van der Waals surface area contributed by atoms with Crippen LogP contribution in [0.5, 0.6) is 0 Å². The molecule has 1 atom stereocenters. The van der Waals surface area contributed by atoms with Gasteiger partial charge >= 0.3 is 0 Å². The molecule has 0 aliphatic heterocycles. The Morgan fingerprint density at radius 1 is 1.11 bits per heavy atom. The van der Waals surface area contributed by atoms with Crippen LogP contribution in [-0.4, -0.2) is 25.2 Å². The molecule has 3 aliphatic carbocycles. The summed E-state index contributed by atoms with van der Waals surface area (Å²) < 4.78 is 43.3. The Morgan fingerprint density at radius 3 is 2.37 bits per heavy atom. The molecule has 2 N–H and O–H groups in total.